The molecule has 0 heterocycles. The van der Waals surface area contributed by atoms with E-state index < -0.39 is 21.0 Å². The molecule has 0 aromatic heterocycles. The Morgan fingerprint density at radius 1 is 1.38 bits per heavy atom. The van der Waals surface area contributed by atoms with Crippen molar-refractivity contribution < 1.29 is 13.0 Å². The maximum absolute atomic E-state index is 10.8. The summed E-state index contributed by atoms with van der Waals surface area (Å²) < 4.78 is 30.3. The third kappa shape index (κ3) is 2.41. The number of rotatable bonds is 1. The summed E-state index contributed by atoms with van der Waals surface area (Å²) in [6, 6.07) is -0.919. The molecule has 1 aliphatic carbocycles. The predicted octanol–water partition coefficient (Wildman–Crippen LogP) is -1.40. The van der Waals surface area contributed by atoms with E-state index in [-0.39, 0.29) is 29.6 Å². The number of hydrogen-bond donors (Lipinski definition) is 3. The molecule has 1 radical (unpaired) electrons. The third-order valence-electron chi connectivity index (χ3n) is 1.75. The molecule has 2 unspecified atom stereocenters. The van der Waals surface area contributed by atoms with E-state index in [0.717, 1.165) is 6.08 Å². The molecule has 0 spiro atoms. The minimum absolute atomic E-state index is 0. The molecule has 7 heteroatoms. The van der Waals surface area contributed by atoms with Gasteiger partial charge in [-0.3, -0.25) is 4.55 Å². The normalized spacial score (nSPS) is 32.7. The van der Waals surface area contributed by atoms with Crippen molar-refractivity contribution in [2.75, 3.05) is 0 Å². The SMILES string of the molecule is NC1C=CC=CC1(N)S(=O)(=O)O.[Na]. The van der Waals surface area contributed by atoms with Gasteiger partial charge in [-0.05, 0) is 6.08 Å². The smallest absolute Gasteiger partial charge is 0.289 e. The Balaban J connectivity index is 0.00000144. The van der Waals surface area contributed by atoms with E-state index in [9.17, 15) is 8.42 Å². The van der Waals surface area contributed by atoms with E-state index in [0.29, 0.717) is 0 Å². The van der Waals surface area contributed by atoms with Crippen molar-refractivity contribution in [2.45, 2.75) is 10.9 Å². The van der Waals surface area contributed by atoms with Gasteiger partial charge in [0.25, 0.3) is 10.1 Å². The zero-order valence-electron chi connectivity index (χ0n) is 7.21. The van der Waals surface area contributed by atoms with Gasteiger partial charge >= 0.3 is 0 Å². The third-order valence-corrected chi connectivity index (χ3v) is 3.06. The van der Waals surface area contributed by atoms with Gasteiger partial charge in [0.05, 0.1) is 6.04 Å². The van der Waals surface area contributed by atoms with Crippen LogP contribution in [-0.2, 0) is 10.1 Å². The molecular weight excluding hydrogens is 203 g/mol. The fraction of sp³-hybridized carbons (Fsp3) is 0.333. The largest absolute Gasteiger partial charge is 0.322 e. The van der Waals surface area contributed by atoms with Gasteiger partial charge in [-0.1, -0.05) is 18.2 Å². The number of allylic oxidation sites excluding steroid dienone is 2. The molecule has 5 N–H and O–H groups in total. The van der Waals surface area contributed by atoms with Crippen LogP contribution >= 0.6 is 0 Å². The second-order valence-electron chi connectivity index (χ2n) is 2.60. The summed E-state index contributed by atoms with van der Waals surface area (Å²) in [5.41, 5.74) is 10.8. The first-order valence-corrected chi connectivity index (χ1v) is 4.69. The van der Waals surface area contributed by atoms with E-state index >= 15 is 0 Å². The molecule has 0 bridgehead atoms. The topological polar surface area (TPSA) is 106 Å². The molecular formula is C6H10N2NaO3S. The van der Waals surface area contributed by atoms with Crippen molar-refractivity contribution in [1.29, 1.82) is 0 Å². The summed E-state index contributed by atoms with van der Waals surface area (Å²) in [6.07, 6.45) is 5.57. The zero-order chi connectivity index (χ0) is 9.41. The number of nitrogens with two attached hydrogens (primary N) is 2. The zero-order valence-corrected chi connectivity index (χ0v) is 10.0. The Kier molecular flexibility index (Phi) is 4.32. The van der Waals surface area contributed by atoms with Crippen molar-refractivity contribution in [3.63, 3.8) is 0 Å². The molecule has 69 valence electrons. The molecule has 0 aromatic carbocycles. The fourth-order valence-electron chi connectivity index (χ4n) is 0.909. The molecule has 1 rings (SSSR count). The van der Waals surface area contributed by atoms with Crippen LogP contribution in [-0.4, -0.2) is 53.4 Å². The Morgan fingerprint density at radius 3 is 2.23 bits per heavy atom. The van der Waals surface area contributed by atoms with Crippen LogP contribution in [0, 0.1) is 0 Å². The second kappa shape index (κ2) is 4.22. The average molecular weight is 213 g/mol. The van der Waals surface area contributed by atoms with Gasteiger partial charge in [-0.15, -0.1) is 0 Å². The molecule has 2 atom stereocenters. The molecule has 5 nitrogen and oxygen atoms in total. The summed E-state index contributed by atoms with van der Waals surface area (Å²) in [7, 11) is -4.36. The van der Waals surface area contributed by atoms with Crippen LogP contribution in [0.25, 0.3) is 0 Å². The van der Waals surface area contributed by atoms with Crippen LogP contribution in [0.3, 0.4) is 0 Å². The Labute approximate surface area is 98.9 Å². The van der Waals surface area contributed by atoms with Crippen molar-refractivity contribution >= 4 is 39.7 Å². The molecule has 0 aromatic rings. The Bertz CT molecular complexity index is 338. The van der Waals surface area contributed by atoms with Gasteiger partial charge in [-0.2, -0.15) is 8.42 Å². The second-order valence-corrected chi connectivity index (χ2v) is 4.26. The van der Waals surface area contributed by atoms with E-state index in [4.69, 9.17) is 16.0 Å². The summed E-state index contributed by atoms with van der Waals surface area (Å²) in [6.45, 7) is 0. The van der Waals surface area contributed by atoms with Crippen molar-refractivity contribution in [3.05, 3.63) is 24.3 Å². The van der Waals surface area contributed by atoms with Gasteiger partial charge in [-0.25, -0.2) is 0 Å². The minimum atomic E-state index is -4.36. The molecule has 0 saturated carbocycles. The van der Waals surface area contributed by atoms with Gasteiger partial charge in [0.1, 0.15) is 0 Å². The molecule has 13 heavy (non-hydrogen) atoms. The standard InChI is InChI=1S/C6H10N2O3S.Na/c7-5-3-1-2-4-6(5,8)12(9,10)11;/h1-5H,7-8H2,(H,9,10,11);. The first kappa shape index (κ1) is 13.3. The number of hydrogen-bond acceptors (Lipinski definition) is 4. The van der Waals surface area contributed by atoms with E-state index in [1.54, 1.807) is 6.08 Å². The average Bonchev–Trinajstić information content (AvgIpc) is 1.93. The van der Waals surface area contributed by atoms with Gasteiger partial charge in [0, 0.05) is 29.6 Å². The maximum atomic E-state index is 10.8. The summed E-state index contributed by atoms with van der Waals surface area (Å²) >= 11 is 0. The molecule has 0 amide bonds. The van der Waals surface area contributed by atoms with Crippen LogP contribution in [0.1, 0.15) is 0 Å². The predicted molar refractivity (Wildman–Crippen MR) is 50.5 cm³/mol. The van der Waals surface area contributed by atoms with Crippen LogP contribution in [0.4, 0.5) is 0 Å². The van der Waals surface area contributed by atoms with Crippen molar-refractivity contribution in [1.82, 2.24) is 0 Å². The van der Waals surface area contributed by atoms with Gasteiger partial charge < -0.3 is 11.5 Å². The summed E-state index contributed by atoms with van der Waals surface area (Å²) in [5.74, 6) is 0. The summed E-state index contributed by atoms with van der Waals surface area (Å²) in [4.78, 5) is -1.89. The fourth-order valence-corrected chi connectivity index (χ4v) is 1.58. The summed E-state index contributed by atoms with van der Waals surface area (Å²) in [5, 5.41) is 0. The van der Waals surface area contributed by atoms with E-state index in [1.807, 2.05) is 0 Å². The van der Waals surface area contributed by atoms with Gasteiger partial charge in [0.2, 0.25) is 0 Å². The molecule has 0 saturated heterocycles. The van der Waals surface area contributed by atoms with Gasteiger partial charge in [0.15, 0.2) is 4.87 Å². The molecule has 1 aliphatic rings. The monoisotopic (exact) mass is 213 g/mol. The van der Waals surface area contributed by atoms with Crippen LogP contribution in [0.2, 0.25) is 0 Å². The maximum Gasteiger partial charge on any atom is 0.289 e. The first-order valence-electron chi connectivity index (χ1n) is 3.25. The quantitative estimate of drug-likeness (QED) is 0.367. The Morgan fingerprint density at radius 2 is 1.92 bits per heavy atom. The molecule has 0 aliphatic heterocycles. The van der Waals surface area contributed by atoms with Crippen molar-refractivity contribution in [3.8, 4) is 0 Å². The van der Waals surface area contributed by atoms with Crippen LogP contribution in [0.15, 0.2) is 24.3 Å². The van der Waals surface area contributed by atoms with Crippen molar-refractivity contribution in [2.24, 2.45) is 11.5 Å². The minimum Gasteiger partial charge on any atom is -0.322 e. The Hall–Kier alpha value is 0.310. The first-order chi connectivity index (χ1) is 5.38. The molecule has 0 fully saturated rings. The van der Waals surface area contributed by atoms with E-state index in [2.05, 4.69) is 0 Å². The van der Waals surface area contributed by atoms with Crippen LogP contribution < -0.4 is 11.5 Å². The van der Waals surface area contributed by atoms with E-state index in [1.165, 1.54) is 12.2 Å². The van der Waals surface area contributed by atoms with Crippen LogP contribution in [0.5, 0.6) is 0 Å².